The maximum Gasteiger partial charge on any atom is 0.315 e. The van der Waals surface area contributed by atoms with Gasteiger partial charge in [-0.3, -0.25) is 0 Å². The third kappa shape index (κ3) is 5.16. The Balaban J connectivity index is 1.70. The number of benzene rings is 2. The monoisotopic (exact) mass is 404 g/mol. The van der Waals surface area contributed by atoms with Crippen LogP contribution in [0.15, 0.2) is 36.4 Å². The largest absolute Gasteiger partial charge is 0.490 e. The summed E-state index contributed by atoms with van der Waals surface area (Å²) in [5.74, 6) is -0.374. The van der Waals surface area contributed by atoms with Crippen molar-refractivity contribution < 1.29 is 23.0 Å². The molecule has 2 aromatic rings. The van der Waals surface area contributed by atoms with Gasteiger partial charge in [0.15, 0.2) is 23.1 Å². The average Bonchev–Trinajstić information content (AvgIpc) is 2.92. The fourth-order valence-corrected chi connectivity index (χ4v) is 3.25. The molecule has 1 aliphatic heterocycles. The summed E-state index contributed by atoms with van der Waals surface area (Å²) in [7, 11) is 0. The first-order valence-corrected chi connectivity index (χ1v) is 9.76. The predicted molar refractivity (Wildman–Crippen MR) is 106 cm³/mol. The Labute approximate surface area is 169 Å². The van der Waals surface area contributed by atoms with E-state index in [1.807, 2.05) is 32.0 Å². The van der Waals surface area contributed by atoms with Crippen LogP contribution in [0.1, 0.15) is 50.4 Å². The minimum Gasteiger partial charge on any atom is -0.490 e. The highest BCUT2D eigenvalue weighted by atomic mass is 19.2. The number of carbonyl (C=O) groups is 1. The maximum absolute atomic E-state index is 13.5. The molecule has 5 nitrogen and oxygen atoms in total. The number of hydrogen-bond acceptors (Lipinski definition) is 3. The van der Waals surface area contributed by atoms with Crippen molar-refractivity contribution in [3.8, 4) is 11.5 Å². The summed E-state index contributed by atoms with van der Waals surface area (Å²) in [6.45, 7) is 6.93. The number of fused-ring (bicyclic) bond motifs is 1. The standard InChI is InChI=1S/C22H26F2N2O3/c1-13(2)21(16-6-8-19-20(12-16)29-10-4-9-28-19)26-22(27)25-14(3)15-5-7-17(23)18(24)11-15/h5-8,11-14,21H,4,9-10H2,1-3H3,(H2,25,26,27)/t14-,21-/m1/s1. The van der Waals surface area contributed by atoms with Crippen LogP contribution in [0.3, 0.4) is 0 Å². The number of nitrogens with one attached hydrogen (secondary N) is 2. The summed E-state index contributed by atoms with van der Waals surface area (Å²) in [5.41, 5.74) is 1.38. The van der Waals surface area contributed by atoms with Crippen molar-refractivity contribution in [1.82, 2.24) is 10.6 Å². The highest BCUT2D eigenvalue weighted by molar-refractivity contribution is 5.75. The highest BCUT2D eigenvalue weighted by Gasteiger charge is 2.22. The van der Waals surface area contributed by atoms with E-state index in [2.05, 4.69) is 10.6 Å². The molecule has 1 heterocycles. The number of halogens is 2. The van der Waals surface area contributed by atoms with Gasteiger partial charge in [0.05, 0.1) is 25.3 Å². The molecule has 2 amide bonds. The fourth-order valence-electron chi connectivity index (χ4n) is 3.25. The van der Waals surface area contributed by atoms with Crippen molar-refractivity contribution in [3.05, 3.63) is 59.2 Å². The van der Waals surface area contributed by atoms with E-state index < -0.39 is 23.7 Å². The second kappa shape index (κ2) is 9.11. The lowest BCUT2D eigenvalue weighted by molar-refractivity contribution is 0.230. The molecule has 0 spiro atoms. The normalized spacial score (nSPS) is 15.4. The molecule has 1 aliphatic rings. The zero-order chi connectivity index (χ0) is 21.0. The molecule has 0 bridgehead atoms. The van der Waals surface area contributed by atoms with E-state index in [9.17, 15) is 13.6 Å². The highest BCUT2D eigenvalue weighted by Crippen LogP contribution is 2.34. The fraction of sp³-hybridized carbons (Fsp3) is 0.409. The Kier molecular flexibility index (Phi) is 6.56. The van der Waals surface area contributed by atoms with Gasteiger partial charge in [0.2, 0.25) is 0 Å². The SMILES string of the molecule is CC(C)[C@@H](NC(=O)N[C@H](C)c1ccc(F)c(F)c1)c1ccc2c(c1)OCCCO2. The van der Waals surface area contributed by atoms with Gasteiger partial charge in [-0.25, -0.2) is 13.6 Å². The lowest BCUT2D eigenvalue weighted by Crippen LogP contribution is -2.40. The Morgan fingerprint density at radius 3 is 2.28 bits per heavy atom. The van der Waals surface area contributed by atoms with E-state index in [4.69, 9.17) is 9.47 Å². The summed E-state index contributed by atoms with van der Waals surface area (Å²) in [6.07, 6.45) is 0.820. The van der Waals surface area contributed by atoms with Gasteiger partial charge < -0.3 is 20.1 Å². The number of urea groups is 1. The third-order valence-electron chi connectivity index (χ3n) is 4.88. The van der Waals surface area contributed by atoms with Crippen LogP contribution in [0.25, 0.3) is 0 Å². The van der Waals surface area contributed by atoms with Crippen LogP contribution in [0.4, 0.5) is 13.6 Å². The summed E-state index contributed by atoms with van der Waals surface area (Å²) < 4.78 is 38.0. The Morgan fingerprint density at radius 1 is 0.897 bits per heavy atom. The molecule has 2 atom stereocenters. The molecule has 2 aromatic carbocycles. The molecule has 7 heteroatoms. The first kappa shape index (κ1) is 20.9. The topological polar surface area (TPSA) is 59.6 Å². The summed E-state index contributed by atoms with van der Waals surface area (Å²) in [5, 5.41) is 5.74. The molecule has 0 aliphatic carbocycles. The van der Waals surface area contributed by atoms with Gasteiger partial charge in [-0.1, -0.05) is 26.0 Å². The molecule has 0 saturated carbocycles. The van der Waals surface area contributed by atoms with Gasteiger partial charge in [-0.15, -0.1) is 0 Å². The van der Waals surface area contributed by atoms with Crippen LogP contribution in [0.2, 0.25) is 0 Å². The van der Waals surface area contributed by atoms with E-state index in [0.717, 1.165) is 24.1 Å². The smallest absolute Gasteiger partial charge is 0.315 e. The Bertz CT molecular complexity index is 873. The number of carbonyl (C=O) groups excluding carboxylic acids is 1. The van der Waals surface area contributed by atoms with Crippen molar-refractivity contribution in [2.75, 3.05) is 13.2 Å². The molecule has 0 unspecified atom stereocenters. The molecule has 0 radical (unpaired) electrons. The first-order chi connectivity index (χ1) is 13.8. The summed E-state index contributed by atoms with van der Waals surface area (Å²) in [6, 6.07) is 8.11. The van der Waals surface area contributed by atoms with E-state index in [1.54, 1.807) is 6.92 Å². The second-order valence-corrected chi connectivity index (χ2v) is 7.49. The summed E-state index contributed by atoms with van der Waals surface area (Å²) >= 11 is 0. The van der Waals surface area contributed by atoms with Gasteiger partial charge >= 0.3 is 6.03 Å². The minimum absolute atomic E-state index is 0.115. The molecule has 0 aromatic heterocycles. The molecule has 29 heavy (non-hydrogen) atoms. The molecule has 0 fully saturated rings. The molecule has 0 saturated heterocycles. The number of amides is 2. The van der Waals surface area contributed by atoms with Crippen molar-refractivity contribution in [1.29, 1.82) is 0 Å². The average molecular weight is 404 g/mol. The lowest BCUT2D eigenvalue weighted by Gasteiger charge is -2.25. The van der Waals surface area contributed by atoms with Gasteiger partial charge in [0.1, 0.15) is 0 Å². The zero-order valence-electron chi connectivity index (χ0n) is 16.8. The van der Waals surface area contributed by atoms with E-state index in [0.29, 0.717) is 30.3 Å². The van der Waals surface area contributed by atoms with E-state index in [1.165, 1.54) is 6.07 Å². The molecular formula is C22H26F2N2O3. The molecular weight excluding hydrogens is 378 g/mol. The molecule has 3 rings (SSSR count). The lowest BCUT2D eigenvalue weighted by atomic mass is 9.95. The maximum atomic E-state index is 13.5. The Morgan fingerprint density at radius 2 is 1.59 bits per heavy atom. The quantitative estimate of drug-likeness (QED) is 0.746. The zero-order valence-corrected chi connectivity index (χ0v) is 16.8. The van der Waals surface area contributed by atoms with Crippen LogP contribution in [0, 0.1) is 17.6 Å². The van der Waals surface area contributed by atoms with Crippen molar-refractivity contribution in [3.63, 3.8) is 0 Å². The van der Waals surface area contributed by atoms with Crippen LogP contribution in [0.5, 0.6) is 11.5 Å². The van der Waals surface area contributed by atoms with Crippen LogP contribution in [-0.2, 0) is 0 Å². The molecule has 2 N–H and O–H groups in total. The van der Waals surface area contributed by atoms with Crippen LogP contribution >= 0.6 is 0 Å². The third-order valence-corrected chi connectivity index (χ3v) is 4.88. The first-order valence-electron chi connectivity index (χ1n) is 9.76. The van der Waals surface area contributed by atoms with Gasteiger partial charge in [0.25, 0.3) is 0 Å². The molecule has 156 valence electrons. The van der Waals surface area contributed by atoms with Crippen LogP contribution < -0.4 is 20.1 Å². The minimum atomic E-state index is -0.941. The van der Waals surface area contributed by atoms with Gasteiger partial charge in [0, 0.05) is 6.42 Å². The van der Waals surface area contributed by atoms with Gasteiger partial charge in [-0.2, -0.15) is 0 Å². The van der Waals surface area contributed by atoms with E-state index >= 15 is 0 Å². The number of ether oxygens (including phenoxy) is 2. The number of hydrogen-bond donors (Lipinski definition) is 2. The van der Waals surface area contributed by atoms with Crippen molar-refractivity contribution in [2.45, 2.75) is 39.3 Å². The van der Waals surface area contributed by atoms with Crippen molar-refractivity contribution >= 4 is 6.03 Å². The Hall–Kier alpha value is -2.83. The van der Waals surface area contributed by atoms with E-state index in [-0.39, 0.29) is 12.0 Å². The van der Waals surface area contributed by atoms with Crippen LogP contribution in [-0.4, -0.2) is 19.2 Å². The van der Waals surface area contributed by atoms with Crippen molar-refractivity contribution in [2.24, 2.45) is 5.92 Å². The predicted octanol–water partition coefficient (Wildman–Crippen LogP) is 4.88. The summed E-state index contributed by atoms with van der Waals surface area (Å²) in [4.78, 5) is 12.6. The number of rotatable bonds is 5. The second-order valence-electron chi connectivity index (χ2n) is 7.49. The van der Waals surface area contributed by atoms with Gasteiger partial charge in [-0.05, 0) is 48.2 Å².